The first kappa shape index (κ1) is 29.8. The molecule has 0 spiro atoms. The van der Waals surface area contributed by atoms with Crippen molar-refractivity contribution < 1.29 is 26.8 Å². The van der Waals surface area contributed by atoms with E-state index in [-0.39, 0.29) is 28.7 Å². The maximum atomic E-state index is 14.6. The van der Waals surface area contributed by atoms with Crippen molar-refractivity contribution in [1.82, 2.24) is 10.2 Å². The lowest BCUT2D eigenvalue weighted by atomic mass is 10.1. The Morgan fingerprint density at radius 1 is 0.923 bits per heavy atom. The van der Waals surface area contributed by atoms with Crippen LogP contribution in [-0.4, -0.2) is 43.8 Å². The molecular formula is C29H33F2N3O4S. The molecule has 0 aliphatic rings. The quantitative estimate of drug-likeness (QED) is 0.367. The summed E-state index contributed by atoms with van der Waals surface area (Å²) in [4.78, 5) is 27.9. The summed E-state index contributed by atoms with van der Waals surface area (Å²) < 4.78 is 56.5. The van der Waals surface area contributed by atoms with E-state index in [1.165, 1.54) is 49.4 Å². The Bertz CT molecular complexity index is 1400. The fraction of sp³-hybridized carbons (Fsp3) is 0.310. The molecule has 0 radical (unpaired) electrons. The Labute approximate surface area is 228 Å². The second-order valence-electron chi connectivity index (χ2n) is 9.41. The minimum absolute atomic E-state index is 0.0616. The van der Waals surface area contributed by atoms with Crippen LogP contribution < -0.4 is 9.62 Å². The summed E-state index contributed by atoms with van der Waals surface area (Å²) in [6.45, 7) is 6.07. The molecule has 0 aromatic heterocycles. The molecule has 0 heterocycles. The lowest BCUT2D eigenvalue weighted by Gasteiger charge is -2.32. The van der Waals surface area contributed by atoms with E-state index < -0.39 is 46.1 Å². The number of nitrogens with zero attached hydrogens (tertiary/aromatic N) is 2. The Morgan fingerprint density at radius 2 is 1.54 bits per heavy atom. The topological polar surface area (TPSA) is 86.8 Å². The maximum Gasteiger partial charge on any atom is 0.264 e. The van der Waals surface area contributed by atoms with E-state index in [9.17, 15) is 26.8 Å². The van der Waals surface area contributed by atoms with Crippen LogP contribution in [0, 0.1) is 18.6 Å². The van der Waals surface area contributed by atoms with Gasteiger partial charge in [-0.25, -0.2) is 17.2 Å². The molecule has 39 heavy (non-hydrogen) atoms. The summed E-state index contributed by atoms with van der Waals surface area (Å²) in [5, 5.41) is 2.82. The normalized spacial score (nSPS) is 12.9. The van der Waals surface area contributed by atoms with Gasteiger partial charge >= 0.3 is 0 Å². The minimum Gasteiger partial charge on any atom is -0.352 e. The maximum absolute atomic E-state index is 14.6. The lowest BCUT2D eigenvalue weighted by molar-refractivity contribution is -0.139. The van der Waals surface area contributed by atoms with E-state index >= 15 is 0 Å². The van der Waals surface area contributed by atoms with Gasteiger partial charge in [0.1, 0.15) is 24.2 Å². The number of halogens is 2. The molecule has 2 atom stereocenters. The molecule has 1 N–H and O–H groups in total. The van der Waals surface area contributed by atoms with Crippen molar-refractivity contribution in [2.24, 2.45) is 0 Å². The average Bonchev–Trinajstić information content (AvgIpc) is 2.91. The van der Waals surface area contributed by atoms with Gasteiger partial charge in [-0.15, -0.1) is 0 Å². The molecule has 0 aliphatic carbocycles. The fourth-order valence-corrected chi connectivity index (χ4v) is 5.25. The van der Waals surface area contributed by atoms with Crippen molar-refractivity contribution in [1.29, 1.82) is 0 Å². The number of aryl methyl sites for hydroxylation is 1. The second kappa shape index (κ2) is 12.8. The van der Waals surface area contributed by atoms with Gasteiger partial charge in [0.15, 0.2) is 0 Å². The third kappa shape index (κ3) is 7.41. The molecule has 3 aromatic rings. The van der Waals surface area contributed by atoms with E-state index in [1.807, 2.05) is 20.8 Å². The summed E-state index contributed by atoms with van der Waals surface area (Å²) in [5.74, 6) is -2.32. The van der Waals surface area contributed by atoms with Gasteiger partial charge in [0.25, 0.3) is 10.0 Å². The monoisotopic (exact) mass is 557 g/mol. The molecule has 3 rings (SSSR count). The van der Waals surface area contributed by atoms with E-state index in [4.69, 9.17) is 0 Å². The Morgan fingerprint density at radius 3 is 2.13 bits per heavy atom. The van der Waals surface area contributed by atoms with Crippen molar-refractivity contribution in [2.75, 3.05) is 10.8 Å². The summed E-state index contributed by atoms with van der Waals surface area (Å²) >= 11 is 0. The van der Waals surface area contributed by atoms with Gasteiger partial charge in [-0.1, -0.05) is 42.8 Å². The van der Waals surface area contributed by atoms with Gasteiger partial charge in [-0.05, 0) is 69.7 Å². The number of carbonyl (C=O) groups excluding carboxylic acids is 2. The van der Waals surface area contributed by atoms with Crippen LogP contribution in [0.3, 0.4) is 0 Å². The fourth-order valence-electron chi connectivity index (χ4n) is 3.83. The largest absolute Gasteiger partial charge is 0.352 e. The summed E-state index contributed by atoms with van der Waals surface area (Å²) in [6.07, 6.45) is 0.660. The van der Waals surface area contributed by atoms with Crippen LogP contribution >= 0.6 is 0 Å². The van der Waals surface area contributed by atoms with E-state index in [2.05, 4.69) is 5.32 Å². The van der Waals surface area contributed by atoms with Gasteiger partial charge in [0, 0.05) is 18.2 Å². The standard InChI is InChI=1S/C29H33F2N3O4S/c1-5-21(3)32-29(36)22(4)33(18-23-8-6-7-9-27(23)31)28(35)19-34(25-14-12-24(30)13-15-25)39(37,38)26-16-10-20(2)11-17-26/h6-17,21-22H,5,18-19H2,1-4H3,(H,32,36)/t21-,22+/m0/s1. The van der Waals surface area contributed by atoms with Crippen molar-refractivity contribution in [2.45, 2.75) is 57.6 Å². The molecule has 0 aliphatic heterocycles. The van der Waals surface area contributed by atoms with Gasteiger partial charge in [0.05, 0.1) is 10.6 Å². The summed E-state index contributed by atoms with van der Waals surface area (Å²) in [7, 11) is -4.27. The molecular weight excluding hydrogens is 524 g/mol. The molecule has 0 unspecified atom stereocenters. The molecule has 0 bridgehead atoms. The van der Waals surface area contributed by atoms with Gasteiger partial charge < -0.3 is 10.2 Å². The Hall–Kier alpha value is -3.79. The highest BCUT2D eigenvalue weighted by Gasteiger charge is 2.33. The van der Waals surface area contributed by atoms with Crippen LogP contribution in [0.2, 0.25) is 0 Å². The number of hydrogen-bond acceptors (Lipinski definition) is 4. The molecule has 0 saturated heterocycles. The summed E-state index contributed by atoms with van der Waals surface area (Å²) in [5.41, 5.74) is 1.08. The predicted octanol–water partition coefficient (Wildman–Crippen LogP) is 4.80. The molecule has 0 fully saturated rings. The third-order valence-electron chi connectivity index (χ3n) is 6.47. The number of carbonyl (C=O) groups is 2. The molecule has 208 valence electrons. The van der Waals surface area contributed by atoms with Crippen LogP contribution in [0.15, 0.2) is 77.7 Å². The highest BCUT2D eigenvalue weighted by Crippen LogP contribution is 2.25. The SMILES string of the molecule is CC[C@H](C)NC(=O)[C@@H](C)N(Cc1ccccc1F)C(=O)CN(c1ccc(F)cc1)S(=O)(=O)c1ccc(C)cc1. The highest BCUT2D eigenvalue weighted by molar-refractivity contribution is 7.92. The van der Waals surface area contributed by atoms with Crippen LogP contribution in [0.1, 0.15) is 38.3 Å². The first-order valence-corrected chi connectivity index (χ1v) is 14.1. The number of anilines is 1. The number of nitrogens with one attached hydrogen (secondary N) is 1. The number of benzene rings is 3. The first-order valence-electron chi connectivity index (χ1n) is 12.6. The molecule has 3 aromatic carbocycles. The molecule has 2 amide bonds. The minimum atomic E-state index is -4.27. The van der Waals surface area contributed by atoms with Gasteiger partial charge in [-0.2, -0.15) is 0 Å². The van der Waals surface area contributed by atoms with Crippen LogP contribution in [0.5, 0.6) is 0 Å². The van der Waals surface area contributed by atoms with E-state index in [1.54, 1.807) is 18.2 Å². The van der Waals surface area contributed by atoms with Crippen molar-refractivity contribution >= 4 is 27.5 Å². The zero-order chi connectivity index (χ0) is 28.7. The predicted molar refractivity (Wildman–Crippen MR) is 146 cm³/mol. The first-order chi connectivity index (χ1) is 18.4. The molecule has 7 nitrogen and oxygen atoms in total. The van der Waals surface area contributed by atoms with Crippen LogP contribution in [0.25, 0.3) is 0 Å². The van der Waals surface area contributed by atoms with Crippen molar-refractivity contribution in [3.8, 4) is 0 Å². The average molecular weight is 558 g/mol. The molecule has 10 heteroatoms. The van der Waals surface area contributed by atoms with Gasteiger partial charge in [0.2, 0.25) is 11.8 Å². The Balaban J connectivity index is 2.03. The van der Waals surface area contributed by atoms with Crippen molar-refractivity contribution in [3.05, 3.63) is 95.6 Å². The number of sulfonamides is 1. The number of rotatable bonds is 11. The third-order valence-corrected chi connectivity index (χ3v) is 8.26. The zero-order valence-electron chi connectivity index (χ0n) is 22.4. The van der Waals surface area contributed by atoms with Crippen molar-refractivity contribution in [3.63, 3.8) is 0 Å². The van der Waals surface area contributed by atoms with Crippen LogP contribution in [0.4, 0.5) is 14.5 Å². The Kier molecular flexibility index (Phi) is 9.80. The number of hydrogen-bond donors (Lipinski definition) is 1. The van der Waals surface area contributed by atoms with E-state index in [0.717, 1.165) is 26.9 Å². The van der Waals surface area contributed by atoms with Gasteiger partial charge in [-0.3, -0.25) is 13.9 Å². The second-order valence-corrected chi connectivity index (χ2v) is 11.3. The zero-order valence-corrected chi connectivity index (χ0v) is 23.2. The lowest BCUT2D eigenvalue weighted by Crippen LogP contribution is -2.52. The highest BCUT2D eigenvalue weighted by atomic mass is 32.2. The van der Waals surface area contributed by atoms with E-state index in [0.29, 0.717) is 6.42 Å². The smallest absolute Gasteiger partial charge is 0.264 e. The summed E-state index contributed by atoms with van der Waals surface area (Å²) in [6, 6.07) is 15.5. The van der Waals surface area contributed by atoms with Crippen LogP contribution in [-0.2, 0) is 26.2 Å². The molecule has 0 saturated carbocycles. The number of amides is 2.